The Labute approximate surface area is 177 Å². The molecule has 2 aromatic carbocycles. The van der Waals surface area contributed by atoms with Crippen LogP contribution in [-0.4, -0.2) is 34.9 Å². The average Bonchev–Trinajstić information content (AvgIpc) is 2.79. The first-order valence-electron chi connectivity index (χ1n) is 10.8. The maximum absolute atomic E-state index is 14.1. The normalized spacial score (nSPS) is 15.2. The first-order valence-corrected chi connectivity index (χ1v) is 10.8. The van der Waals surface area contributed by atoms with E-state index in [1.807, 2.05) is 23.1 Å². The molecule has 1 atom stereocenters. The molecule has 30 heavy (non-hydrogen) atoms. The van der Waals surface area contributed by atoms with Gasteiger partial charge in [-0.05, 0) is 62.8 Å². The Kier molecular flexibility index (Phi) is 6.26. The van der Waals surface area contributed by atoms with Gasteiger partial charge in [-0.3, -0.25) is 9.78 Å². The van der Waals surface area contributed by atoms with Crippen molar-refractivity contribution in [2.24, 2.45) is 0 Å². The number of hydrogen-bond acceptors (Lipinski definition) is 3. The molecule has 5 heteroatoms. The van der Waals surface area contributed by atoms with Gasteiger partial charge in [-0.25, -0.2) is 4.39 Å². The summed E-state index contributed by atoms with van der Waals surface area (Å²) in [5.41, 5.74) is 3.18. The van der Waals surface area contributed by atoms with Crippen molar-refractivity contribution in [3.8, 4) is 0 Å². The molecular weight excluding hydrogens is 377 g/mol. The molecule has 1 aliphatic rings. The lowest BCUT2D eigenvalue weighted by Gasteiger charge is -2.28. The van der Waals surface area contributed by atoms with Gasteiger partial charge in [0, 0.05) is 30.7 Å². The van der Waals surface area contributed by atoms with Gasteiger partial charge in [-0.15, -0.1) is 0 Å². The molecule has 1 N–H and O–H groups in total. The van der Waals surface area contributed by atoms with Crippen LogP contribution in [0.4, 0.5) is 10.1 Å². The van der Waals surface area contributed by atoms with Gasteiger partial charge in [-0.1, -0.05) is 30.3 Å². The smallest absolute Gasteiger partial charge is 0.257 e. The second-order valence-corrected chi connectivity index (χ2v) is 8.13. The number of benzene rings is 2. The molecule has 0 spiro atoms. The Balaban J connectivity index is 1.62. The van der Waals surface area contributed by atoms with Crippen molar-refractivity contribution >= 4 is 22.5 Å². The molecule has 0 bridgehead atoms. The summed E-state index contributed by atoms with van der Waals surface area (Å²) in [4.78, 5) is 19.6. The van der Waals surface area contributed by atoms with E-state index in [4.69, 9.17) is 0 Å². The Bertz CT molecular complexity index is 1020. The predicted octanol–water partition coefficient (Wildman–Crippen LogP) is 5.43. The quantitative estimate of drug-likeness (QED) is 0.594. The highest BCUT2D eigenvalue weighted by molar-refractivity contribution is 6.07. The molecule has 1 aromatic heterocycles. The van der Waals surface area contributed by atoms with Crippen molar-refractivity contribution in [3.05, 3.63) is 71.7 Å². The maximum atomic E-state index is 14.1. The number of pyridine rings is 1. The number of nitrogens with one attached hydrogen (secondary N) is 1. The summed E-state index contributed by atoms with van der Waals surface area (Å²) in [7, 11) is 0. The molecular formula is C25H28FN3O. The van der Waals surface area contributed by atoms with Crippen LogP contribution in [0.2, 0.25) is 0 Å². The van der Waals surface area contributed by atoms with E-state index >= 15 is 0 Å². The van der Waals surface area contributed by atoms with Crippen LogP contribution in [0.3, 0.4) is 0 Å². The van der Waals surface area contributed by atoms with Crippen molar-refractivity contribution in [1.82, 2.24) is 9.88 Å². The molecule has 4 nitrogen and oxygen atoms in total. The van der Waals surface area contributed by atoms with Crippen molar-refractivity contribution < 1.29 is 9.18 Å². The number of halogens is 1. The molecule has 1 amide bonds. The van der Waals surface area contributed by atoms with E-state index in [9.17, 15) is 9.18 Å². The Morgan fingerprint density at radius 1 is 1.13 bits per heavy atom. The zero-order chi connectivity index (χ0) is 20.9. The lowest BCUT2D eigenvalue weighted by Crippen LogP contribution is -2.36. The minimum absolute atomic E-state index is 0.0221. The van der Waals surface area contributed by atoms with Gasteiger partial charge in [-0.2, -0.15) is 0 Å². The number of amides is 1. The van der Waals surface area contributed by atoms with Crippen LogP contribution in [0.5, 0.6) is 0 Å². The van der Waals surface area contributed by atoms with Crippen LogP contribution in [-0.2, 0) is 6.42 Å². The molecule has 156 valence electrons. The van der Waals surface area contributed by atoms with Crippen molar-refractivity contribution in [2.75, 3.05) is 18.4 Å². The van der Waals surface area contributed by atoms with Crippen molar-refractivity contribution in [3.63, 3.8) is 0 Å². The zero-order valence-electron chi connectivity index (χ0n) is 17.4. The number of hydrogen-bond donors (Lipinski definition) is 1. The second-order valence-electron chi connectivity index (χ2n) is 8.13. The molecule has 3 aromatic rings. The number of anilines is 1. The van der Waals surface area contributed by atoms with Gasteiger partial charge in [0.2, 0.25) is 0 Å². The lowest BCUT2D eigenvalue weighted by molar-refractivity contribution is 0.0725. The molecule has 1 fully saturated rings. The number of aromatic nitrogens is 1. The summed E-state index contributed by atoms with van der Waals surface area (Å²) in [5, 5.41) is 4.17. The van der Waals surface area contributed by atoms with E-state index in [0.29, 0.717) is 22.2 Å². The summed E-state index contributed by atoms with van der Waals surface area (Å²) in [6, 6.07) is 15.0. The van der Waals surface area contributed by atoms with E-state index in [0.717, 1.165) is 45.2 Å². The minimum atomic E-state index is -0.327. The largest absolute Gasteiger partial charge is 0.381 e. The van der Waals surface area contributed by atoms with E-state index in [1.54, 1.807) is 12.3 Å². The third kappa shape index (κ3) is 4.61. The fourth-order valence-electron chi connectivity index (χ4n) is 4.10. The van der Waals surface area contributed by atoms with Crippen LogP contribution in [0.1, 0.15) is 48.5 Å². The molecule has 2 heterocycles. The average molecular weight is 406 g/mol. The highest BCUT2D eigenvalue weighted by Gasteiger charge is 2.23. The highest BCUT2D eigenvalue weighted by Crippen LogP contribution is 2.29. The number of fused-ring (bicyclic) bond motifs is 1. The predicted molar refractivity (Wildman–Crippen MR) is 119 cm³/mol. The van der Waals surface area contributed by atoms with Gasteiger partial charge in [0.1, 0.15) is 5.82 Å². The number of carbonyl (C=O) groups is 1. The molecule has 4 rings (SSSR count). The Hall–Kier alpha value is -2.95. The minimum Gasteiger partial charge on any atom is -0.381 e. The first kappa shape index (κ1) is 20.3. The highest BCUT2D eigenvalue weighted by atomic mass is 19.1. The maximum Gasteiger partial charge on any atom is 0.257 e. The number of aryl methyl sites for hydroxylation is 1. The van der Waals surface area contributed by atoms with Crippen LogP contribution < -0.4 is 5.32 Å². The zero-order valence-corrected chi connectivity index (χ0v) is 17.4. The third-order valence-corrected chi connectivity index (χ3v) is 5.80. The van der Waals surface area contributed by atoms with Gasteiger partial charge < -0.3 is 10.2 Å². The number of nitrogens with zero attached hydrogens (tertiary/aromatic N) is 2. The molecule has 1 aliphatic heterocycles. The van der Waals surface area contributed by atoms with E-state index in [-0.39, 0.29) is 17.8 Å². The van der Waals surface area contributed by atoms with E-state index in [1.165, 1.54) is 17.7 Å². The Morgan fingerprint density at radius 2 is 1.90 bits per heavy atom. The standard InChI is InChI=1S/C25H28FN3O/c1-18(10-11-19-8-4-2-5-9-19)28-24-21-16-20(26)12-13-23(21)27-17-22(24)25(30)29-14-6-3-7-15-29/h2,4-5,8-9,12-13,16-18H,3,6-7,10-11,14-15H2,1H3,(H,27,28). The summed E-state index contributed by atoms with van der Waals surface area (Å²) < 4.78 is 14.1. The Morgan fingerprint density at radius 3 is 2.67 bits per heavy atom. The number of piperidine rings is 1. The monoisotopic (exact) mass is 405 g/mol. The topological polar surface area (TPSA) is 45.2 Å². The SMILES string of the molecule is CC(CCc1ccccc1)Nc1c(C(=O)N2CCCCC2)cnc2ccc(F)cc12. The number of rotatable bonds is 6. The van der Waals surface area contributed by atoms with Crippen molar-refractivity contribution in [1.29, 1.82) is 0 Å². The molecule has 1 unspecified atom stereocenters. The third-order valence-electron chi connectivity index (χ3n) is 5.80. The fourth-order valence-corrected chi connectivity index (χ4v) is 4.10. The molecule has 0 radical (unpaired) electrons. The summed E-state index contributed by atoms with van der Waals surface area (Å²) in [6.07, 6.45) is 6.69. The number of likely N-dealkylation sites (tertiary alicyclic amines) is 1. The van der Waals surface area contributed by atoms with Crippen LogP contribution in [0.15, 0.2) is 54.7 Å². The second kappa shape index (κ2) is 9.24. The van der Waals surface area contributed by atoms with Crippen LogP contribution in [0, 0.1) is 5.82 Å². The number of carbonyl (C=O) groups excluding carboxylic acids is 1. The van der Waals surface area contributed by atoms with E-state index in [2.05, 4.69) is 29.4 Å². The van der Waals surface area contributed by atoms with E-state index < -0.39 is 0 Å². The molecule has 0 saturated carbocycles. The molecule has 0 aliphatic carbocycles. The lowest BCUT2D eigenvalue weighted by atomic mass is 10.0. The first-order chi connectivity index (χ1) is 14.6. The summed E-state index contributed by atoms with van der Waals surface area (Å²) >= 11 is 0. The fraction of sp³-hybridized carbons (Fsp3) is 0.360. The van der Waals surface area contributed by atoms with Gasteiger partial charge in [0.05, 0.1) is 16.8 Å². The van der Waals surface area contributed by atoms with Crippen LogP contribution in [0.25, 0.3) is 10.9 Å². The van der Waals surface area contributed by atoms with Gasteiger partial charge in [0.25, 0.3) is 5.91 Å². The van der Waals surface area contributed by atoms with Crippen molar-refractivity contribution in [2.45, 2.75) is 45.1 Å². The molecule has 1 saturated heterocycles. The van der Waals surface area contributed by atoms with Gasteiger partial charge in [0.15, 0.2) is 0 Å². The van der Waals surface area contributed by atoms with Gasteiger partial charge >= 0.3 is 0 Å². The summed E-state index contributed by atoms with van der Waals surface area (Å²) in [6.45, 7) is 3.63. The summed E-state index contributed by atoms with van der Waals surface area (Å²) in [5.74, 6) is -0.349. The van der Waals surface area contributed by atoms with Crippen LogP contribution >= 0.6 is 0 Å².